The molecule has 0 spiro atoms. The monoisotopic (exact) mass is 292 g/mol. The second-order valence-electron chi connectivity index (χ2n) is 5.82. The third-order valence-electron chi connectivity index (χ3n) is 4.31. The molecule has 1 aromatic rings. The van der Waals surface area contributed by atoms with Gasteiger partial charge in [-0.05, 0) is 23.8 Å². The van der Waals surface area contributed by atoms with E-state index in [9.17, 15) is 9.18 Å². The zero-order chi connectivity index (χ0) is 14.9. The third-order valence-corrected chi connectivity index (χ3v) is 4.31. The molecule has 116 valence electrons. The fourth-order valence-electron chi connectivity index (χ4n) is 3.20. The number of amides is 2. The number of urea groups is 1. The molecule has 2 N–H and O–H groups in total. The van der Waals surface area contributed by atoms with Gasteiger partial charge in [0.05, 0.1) is 0 Å². The maximum absolute atomic E-state index is 12.0. The summed E-state index contributed by atoms with van der Waals surface area (Å²) in [5.41, 5.74) is 1.32. The molecule has 0 radical (unpaired) electrons. The molecule has 1 aliphatic rings. The Bertz CT molecular complexity index is 418. The van der Waals surface area contributed by atoms with Gasteiger partial charge in [-0.3, -0.25) is 0 Å². The zero-order valence-corrected chi connectivity index (χ0v) is 12.5. The first-order chi connectivity index (χ1) is 10.3. The van der Waals surface area contributed by atoms with E-state index in [0.717, 1.165) is 6.42 Å². The zero-order valence-electron chi connectivity index (χ0n) is 12.5. The summed E-state index contributed by atoms with van der Waals surface area (Å²) in [5.74, 6) is 1.15. The SMILES string of the molecule is O=C(NCCF)NCC(Cc1ccccc1)C1CCCC1. The van der Waals surface area contributed by atoms with Gasteiger partial charge in [0, 0.05) is 13.1 Å². The van der Waals surface area contributed by atoms with Crippen molar-refractivity contribution in [1.82, 2.24) is 10.6 Å². The molecule has 1 unspecified atom stereocenters. The summed E-state index contributed by atoms with van der Waals surface area (Å²) in [6, 6.07) is 10.2. The first-order valence-electron chi connectivity index (χ1n) is 7.91. The number of hydrogen-bond acceptors (Lipinski definition) is 1. The lowest BCUT2D eigenvalue weighted by Gasteiger charge is -2.24. The first-order valence-corrected chi connectivity index (χ1v) is 7.91. The van der Waals surface area contributed by atoms with Crippen LogP contribution < -0.4 is 10.6 Å². The van der Waals surface area contributed by atoms with Gasteiger partial charge in [-0.1, -0.05) is 56.0 Å². The molecule has 3 nitrogen and oxygen atoms in total. The molecule has 2 rings (SSSR count). The smallest absolute Gasteiger partial charge is 0.314 e. The lowest BCUT2D eigenvalue weighted by atomic mass is 9.85. The van der Waals surface area contributed by atoms with Crippen LogP contribution >= 0.6 is 0 Å². The fourth-order valence-corrected chi connectivity index (χ4v) is 3.20. The van der Waals surface area contributed by atoms with E-state index in [0.29, 0.717) is 18.4 Å². The number of alkyl halides is 1. The highest BCUT2D eigenvalue weighted by Crippen LogP contribution is 2.33. The molecule has 0 saturated heterocycles. The summed E-state index contributed by atoms with van der Waals surface area (Å²) in [6.07, 6.45) is 6.10. The number of halogens is 1. The van der Waals surface area contributed by atoms with E-state index in [1.807, 2.05) is 6.07 Å². The van der Waals surface area contributed by atoms with Gasteiger partial charge >= 0.3 is 6.03 Å². The number of carbonyl (C=O) groups excluding carboxylic acids is 1. The molecular formula is C17H25FN2O. The summed E-state index contributed by atoms with van der Waals surface area (Å²) >= 11 is 0. The van der Waals surface area contributed by atoms with Crippen molar-refractivity contribution >= 4 is 6.03 Å². The van der Waals surface area contributed by atoms with Gasteiger partial charge < -0.3 is 10.6 Å². The molecule has 0 bridgehead atoms. The predicted octanol–water partition coefficient (Wildman–Crippen LogP) is 3.30. The maximum Gasteiger partial charge on any atom is 0.314 e. The standard InChI is InChI=1S/C17H25FN2O/c18-10-11-19-17(21)20-13-16(15-8-4-5-9-15)12-14-6-2-1-3-7-14/h1-3,6-7,15-16H,4-5,8-13H2,(H2,19,20,21). The average molecular weight is 292 g/mol. The van der Waals surface area contributed by atoms with Crippen LogP contribution in [0.5, 0.6) is 0 Å². The summed E-state index contributed by atoms with van der Waals surface area (Å²) in [7, 11) is 0. The topological polar surface area (TPSA) is 41.1 Å². The van der Waals surface area contributed by atoms with Gasteiger partial charge in [0.25, 0.3) is 0 Å². The van der Waals surface area contributed by atoms with E-state index >= 15 is 0 Å². The number of benzene rings is 1. The van der Waals surface area contributed by atoms with Crippen molar-refractivity contribution in [3.63, 3.8) is 0 Å². The van der Waals surface area contributed by atoms with E-state index in [4.69, 9.17) is 0 Å². The molecular weight excluding hydrogens is 267 g/mol. The molecule has 0 heterocycles. The summed E-state index contributed by atoms with van der Waals surface area (Å²) in [4.78, 5) is 11.6. The Kier molecular flexibility index (Phi) is 6.51. The van der Waals surface area contributed by atoms with Crippen LogP contribution in [0.25, 0.3) is 0 Å². The quantitative estimate of drug-likeness (QED) is 0.795. The van der Waals surface area contributed by atoms with E-state index in [2.05, 4.69) is 34.9 Å². The second kappa shape index (κ2) is 8.65. The Labute approximate surface area is 126 Å². The molecule has 1 saturated carbocycles. The number of rotatable bonds is 7. The van der Waals surface area contributed by atoms with Gasteiger partial charge in [0.15, 0.2) is 0 Å². The number of nitrogens with one attached hydrogen (secondary N) is 2. The van der Waals surface area contributed by atoms with E-state index in [-0.39, 0.29) is 12.6 Å². The highest BCUT2D eigenvalue weighted by Gasteiger charge is 2.25. The van der Waals surface area contributed by atoms with Crippen LogP contribution in [0, 0.1) is 11.8 Å². The van der Waals surface area contributed by atoms with Crippen molar-refractivity contribution in [2.24, 2.45) is 11.8 Å². The molecule has 0 aromatic heterocycles. The third kappa shape index (κ3) is 5.37. The Balaban J connectivity index is 1.88. The predicted molar refractivity (Wildman–Crippen MR) is 83.0 cm³/mol. The van der Waals surface area contributed by atoms with Gasteiger partial charge in [-0.25, -0.2) is 9.18 Å². The largest absolute Gasteiger partial charge is 0.338 e. The minimum absolute atomic E-state index is 0.0820. The molecule has 4 heteroatoms. The average Bonchev–Trinajstić information content (AvgIpc) is 3.04. The highest BCUT2D eigenvalue weighted by atomic mass is 19.1. The van der Waals surface area contributed by atoms with E-state index < -0.39 is 6.67 Å². The van der Waals surface area contributed by atoms with E-state index in [1.165, 1.54) is 31.2 Å². The van der Waals surface area contributed by atoms with Crippen molar-refractivity contribution in [3.8, 4) is 0 Å². The molecule has 0 aliphatic heterocycles. The molecule has 2 amide bonds. The number of carbonyl (C=O) groups is 1. The van der Waals surface area contributed by atoms with Crippen LogP contribution in [0.4, 0.5) is 9.18 Å². The molecule has 21 heavy (non-hydrogen) atoms. The van der Waals surface area contributed by atoms with Crippen molar-refractivity contribution < 1.29 is 9.18 Å². The van der Waals surface area contributed by atoms with Gasteiger partial charge in [0.1, 0.15) is 6.67 Å². The first kappa shape index (κ1) is 15.8. The second-order valence-corrected chi connectivity index (χ2v) is 5.82. The summed E-state index contributed by atoms with van der Waals surface area (Å²) < 4.78 is 12.0. The Hall–Kier alpha value is -1.58. The Morgan fingerprint density at radius 1 is 1.19 bits per heavy atom. The molecule has 1 fully saturated rings. The normalized spacial score (nSPS) is 16.6. The van der Waals surface area contributed by atoms with Crippen LogP contribution in [0.3, 0.4) is 0 Å². The van der Waals surface area contributed by atoms with Crippen molar-refractivity contribution in [2.75, 3.05) is 19.8 Å². The molecule has 1 aromatic carbocycles. The van der Waals surface area contributed by atoms with E-state index in [1.54, 1.807) is 0 Å². The molecule has 1 aliphatic carbocycles. The molecule has 1 atom stereocenters. The Morgan fingerprint density at radius 3 is 2.57 bits per heavy atom. The lowest BCUT2D eigenvalue weighted by molar-refractivity contribution is 0.233. The summed E-state index contributed by atoms with van der Waals surface area (Å²) in [6.45, 7) is 0.222. The van der Waals surface area contributed by atoms with Gasteiger partial charge in [-0.2, -0.15) is 0 Å². The van der Waals surface area contributed by atoms with Gasteiger partial charge in [0.2, 0.25) is 0 Å². The highest BCUT2D eigenvalue weighted by molar-refractivity contribution is 5.73. The van der Waals surface area contributed by atoms with Crippen molar-refractivity contribution in [1.29, 1.82) is 0 Å². The van der Waals surface area contributed by atoms with Crippen LogP contribution in [-0.4, -0.2) is 25.8 Å². The summed E-state index contributed by atoms with van der Waals surface area (Å²) in [5, 5.41) is 5.42. The minimum Gasteiger partial charge on any atom is -0.338 e. The Morgan fingerprint density at radius 2 is 1.90 bits per heavy atom. The minimum atomic E-state index is -0.524. The lowest BCUT2D eigenvalue weighted by Crippen LogP contribution is -2.40. The maximum atomic E-state index is 12.0. The van der Waals surface area contributed by atoms with Crippen molar-refractivity contribution in [3.05, 3.63) is 35.9 Å². The fraction of sp³-hybridized carbons (Fsp3) is 0.588. The van der Waals surface area contributed by atoms with Crippen LogP contribution in [0.15, 0.2) is 30.3 Å². The van der Waals surface area contributed by atoms with Crippen LogP contribution in [0.1, 0.15) is 31.2 Å². The number of hydrogen-bond donors (Lipinski definition) is 2. The van der Waals surface area contributed by atoms with Crippen LogP contribution in [0.2, 0.25) is 0 Å². The van der Waals surface area contributed by atoms with Gasteiger partial charge in [-0.15, -0.1) is 0 Å². The van der Waals surface area contributed by atoms with Crippen LogP contribution in [-0.2, 0) is 6.42 Å². The van der Waals surface area contributed by atoms with Crippen molar-refractivity contribution in [2.45, 2.75) is 32.1 Å².